The van der Waals surface area contributed by atoms with E-state index < -0.39 is 0 Å². The number of anilines is 1. The van der Waals surface area contributed by atoms with Crippen LogP contribution >= 0.6 is 12.0 Å². The summed E-state index contributed by atoms with van der Waals surface area (Å²) < 4.78 is 5.72. The molecule has 0 bridgehead atoms. The zero-order valence-electron chi connectivity index (χ0n) is 8.19. The summed E-state index contributed by atoms with van der Waals surface area (Å²) in [5, 5.41) is 5.77. The Morgan fingerprint density at radius 2 is 2.07 bits per heavy atom. The van der Waals surface area contributed by atoms with Crippen molar-refractivity contribution in [2.75, 3.05) is 17.6 Å². The van der Waals surface area contributed by atoms with Crippen LogP contribution in [0.1, 0.15) is 0 Å². The number of hydrogen-bond acceptors (Lipinski definition) is 3. The number of rotatable bonds is 0. The molecule has 1 aliphatic heterocycles. The fraction of sp³-hybridized carbons (Fsp3) is 0.167. The zero-order chi connectivity index (χ0) is 10.1. The first-order chi connectivity index (χ1) is 7.45. The Morgan fingerprint density at radius 1 is 1.13 bits per heavy atom. The standard InChI is InChI=1S/C12H11NOS/c1-2-4-10-9(3-1)5-6-11-12(10)14-15-8-7-13-11/h1-6,13H,7-8H2. The van der Waals surface area contributed by atoms with Gasteiger partial charge in [0.2, 0.25) is 0 Å². The predicted octanol–water partition coefficient (Wildman–Crippen LogP) is 3.29. The third-order valence-electron chi connectivity index (χ3n) is 2.52. The molecule has 0 atom stereocenters. The highest BCUT2D eigenvalue weighted by atomic mass is 32.2. The van der Waals surface area contributed by atoms with Crippen molar-refractivity contribution in [1.29, 1.82) is 0 Å². The van der Waals surface area contributed by atoms with Crippen LogP contribution in [-0.2, 0) is 0 Å². The van der Waals surface area contributed by atoms with Gasteiger partial charge >= 0.3 is 0 Å². The Bertz CT molecular complexity index is 498. The van der Waals surface area contributed by atoms with Gasteiger partial charge in [-0.25, -0.2) is 0 Å². The highest BCUT2D eigenvalue weighted by Crippen LogP contribution is 2.37. The van der Waals surface area contributed by atoms with E-state index >= 15 is 0 Å². The van der Waals surface area contributed by atoms with Gasteiger partial charge in [0, 0.05) is 17.7 Å². The minimum atomic E-state index is 0.954. The first kappa shape index (κ1) is 8.92. The van der Waals surface area contributed by atoms with Crippen LogP contribution in [0.15, 0.2) is 36.4 Å². The molecule has 2 nitrogen and oxygen atoms in total. The molecule has 0 aliphatic carbocycles. The molecule has 2 aromatic carbocycles. The lowest BCUT2D eigenvalue weighted by molar-refractivity contribution is 0.661. The van der Waals surface area contributed by atoms with Gasteiger partial charge in [0.05, 0.1) is 17.7 Å². The molecule has 15 heavy (non-hydrogen) atoms. The van der Waals surface area contributed by atoms with E-state index in [1.807, 2.05) is 12.1 Å². The summed E-state index contributed by atoms with van der Waals surface area (Å²) in [6.07, 6.45) is 0. The third kappa shape index (κ3) is 1.53. The molecule has 2 aromatic rings. The van der Waals surface area contributed by atoms with Crippen molar-refractivity contribution in [2.24, 2.45) is 0 Å². The van der Waals surface area contributed by atoms with Crippen molar-refractivity contribution in [2.45, 2.75) is 0 Å². The number of benzene rings is 2. The maximum atomic E-state index is 5.72. The summed E-state index contributed by atoms with van der Waals surface area (Å²) in [5.74, 6) is 1.94. The summed E-state index contributed by atoms with van der Waals surface area (Å²) in [6.45, 7) is 0.954. The van der Waals surface area contributed by atoms with Gasteiger partial charge in [-0.2, -0.15) is 0 Å². The van der Waals surface area contributed by atoms with E-state index in [4.69, 9.17) is 4.18 Å². The molecule has 0 radical (unpaired) electrons. The van der Waals surface area contributed by atoms with E-state index in [1.54, 1.807) is 0 Å². The summed E-state index contributed by atoms with van der Waals surface area (Å²) in [6, 6.07) is 12.5. The molecule has 0 fully saturated rings. The van der Waals surface area contributed by atoms with Gasteiger partial charge < -0.3 is 9.50 Å². The Kier molecular flexibility index (Phi) is 2.18. The summed E-state index contributed by atoms with van der Waals surface area (Å²) in [4.78, 5) is 0. The molecule has 0 amide bonds. The smallest absolute Gasteiger partial charge is 0.168 e. The van der Waals surface area contributed by atoms with Gasteiger partial charge in [0.25, 0.3) is 0 Å². The fourth-order valence-electron chi connectivity index (χ4n) is 1.80. The summed E-state index contributed by atoms with van der Waals surface area (Å²) >= 11 is 1.51. The topological polar surface area (TPSA) is 21.3 Å². The molecule has 1 N–H and O–H groups in total. The molecule has 1 aliphatic rings. The van der Waals surface area contributed by atoms with Crippen molar-refractivity contribution in [3.63, 3.8) is 0 Å². The Labute approximate surface area is 92.8 Å². The van der Waals surface area contributed by atoms with Crippen molar-refractivity contribution in [3.05, 3.63) is 36.4 Å². The molecule has 3 rings (SSSR count). The molecule has 0 saturated carbocycles. The maximum absolute atomic E-state index is 5.72. The number of hydrogen-bond donors (Lipinski definition) is 1. The van der Waals surface area contributed by atoms with Crippen LogP contribution in [0.3, 0.4) is 0 Å². The normalized spacial score (nSPS) is 14.9. The van der Waals surface area contributed by atoms with E-state index in [-0.39, 0.29) is 0 Å². The van der Waals surface area contributed by atoms with Crippen LogP contribution in [0, 0.1) is 0 Å². The van der Waals surface area contributed by atoms with Gasteiger partial charge in [-0.15, -0.1) is 0 Å². The minimum absolute atomic E-state index is 0.954. The number of fused-ring (bicyclic) bond motifs is 3. The second-order valence-electron chi connectivity index (χ2n) is 3.50. The molecular weight excluding hydrogens is 206 g/mol. The van der Waals surface area contributed by atoms with Gasteiger partial charge in [-0.3, -0.25) is 0 Å². The molecule has 0 spiro atoms. The SMILES string of the molecule is c1ccc2c3c(ccc2c1)NCCSO3. The summed E-state index contributed by atoms with van der Waals surface area (Å²) in [5.41, 5.74) is 1.10. The zero-order valence-corrected chi connectivity index (χ0v) is 9.01. The van der Waals surface area contributed by atoms with Crippen molar-refractivity contribution >= 4 is 28.5 Å². The quantitative estimate of drug-likeness (QED) is 0.684. The molecule has 0 saturated heterocycles. The van der Waals surface area contributed by atoms with Crippen molar-refractivity contribution in [1.82, 2.24) is 0 Å². The maximum Gasteiger partial charge on any atom is 0.168 e. The second-order valence-corrected chi connectivity index (χ2v) is 4.31. The van der Waals surface area contributed by atoms with Crippen LogP contribution in [0.4, 0.5) is 5.69 Å². The van der Waals surface area contributed by atoms with Gasteiger partial charge in [0.15, 0.2) is 5.75 Å². The average molecular weight is 217 g/mol. The number of nitrogens with one attached hydrogen (secondary N) is 1. The van der Waals surface area contributed by atoms with Crippen LogP contribution in [-0.4, -0.2) is 12.3 Å². The molecule has 3 heteroatoms. The van der Waals surface area contributed by atoms with Crippen LogP contribution in [0.5, 0.6) is 5.75 Å². The van der Waals surface area contributed by atoms with E-state index in [9.17, 15) is 0 Å². The Morgan fingerprint density at radius 3 is 3.07 bits per heavy atom. The lowest BCUT2D eigenvalue weighted by atomic mass is 10.1. The Balaban J connectivity index is 2.27. The lowest BCUT2D eigenvalue weighted by Crippen LogP contribution is -2.00. The molecule has 0 aromatic heterocycles. The second kappa shape index (κ2) is 3.66. The average Bonchev–Trinajstić information content (AvgIpc) is 2.54. The monoisotopic (exact) mass is 217 g/mol. The first-order valence-electron chi connectivity index (χ1n) is 5.00. The minimum Gasteiger partial charge on any atom is -0.423 e. The highest BCUT2D eigenvalue weighted by Gasteiger charge is 2.12. The lowest BCUT2D eigenvalue weighted by Gasteiger charge is -2.09. The fourth-order valence-corrected chi connectivity index (χ4v) is 2.37. The van der Waals surface area contributed by atoms with Crippen LogP contribution < -0.4 is 9.50 Å². The van der Waals surface area contributed by atoms with Crippen LogP contribution in [0.25, 0.3) is 10.8 Å². The largest absolute Gasteiger partial charge is 0.423 e. The van der Waals surface area contributed by atoms with E-state index in [1.165, 1.54) is 22.8 Å². The van der Waals surface area contributed by atoms with Gasteiger partial charge in [-0.1, -0.05) is 30.3 Å². The first-order valence-corrected chi connectivity index (χ1v) is 5.91. The predicted molar refractivity (Wildman–Crippen MR) is 65.5 cm³/mol. The van der Waals surface area contributed by atoms with E-state index in [0.717, 1.165) is 23.7 Å². The summed E-state index contributed by atoms with van der Waals surface area (Å²) in [7, 11) is 0. The third-order valence-corrected chi connectivity index (χ3v) is 3.18. The molecule has 0 unspecified atom stereocenters. The van der Waals surface area contributed by atoms with Crippen LogP contribution in [0.2, 0.25) is 0 Å². The van der Waals surface area contributed by atoms with E-state index in [2.05, 4.69) is 29.6 Å². The van der Waals surface area contributed by atoms with Crippen molar-refractivity contribution in [3.8, 4) is 5.75 Å². The highest BCUT2D eigenvalue weighted by molar-refractivity contribution is 7.95. The molecular formula is C12H11NOS. The Hall–Kier alpha value is -1.35. The van der Waals surface area contributed by atoms with Gasteiger partial charge in [-0.05, 0) is 11.5 Å². The van der Waals surface area contributed by atoms with Crippen molar-refractivity contribution < 1.29 is 4.18 Å². The molecule has 76 valence electrons. The van der Waals surface area contributed by atoms with Gasteiger partial charge in [0.1, 0.15) is 0 Å². The van der Waals surface area contributed by atoms with E-state index in [0.29, 0.717) is 0 Å². The molecule has 1 heterocycles.